The third-order valence-corrected chi connectivity index (χ3v) is 2.70. The van der Waals surface area contributed by atoms with Crippen molar-refractivity contribution in [2.45, 2.75) is 6.04 Å². The van der Waals surface area contributed by atoms with Gasteiger partial charge in [-0.05, 0) is 34.5 Å². The Morgan fingerprint density at radius 3 is 2.47 bits per heavy atom. The van der Waals surface area contributed by atoms with Crippen LogP contribution < -0.4 is 10.5 Å². The summed E-state index contributed by atoms with van der Waals surface area (Å²) in [6, 6.07) is 11.5. The molecule has 0 heterocycles. The minimum absolute atomic E-state index is 0. The summed E-state index contributed by atoms with van der Waals surface area (Å²) in [5.41, 5.74) is 6.71. The van der Waals surface area contributed by atoms with Gasteiger partial charge in [0.15, 0.2) is 0 Å². The number of hydrogen-bond acceptors (Lipinski definition) is 3. The van der Waals surface area contributed by atoms with E-state index in [1.165, 1.54) is 0 Å². The van der Waals surface area contributed by atoms with Crippen LogP contribution in [0, 0.1) is 0 Å². The second-order valence-corrected chi connectivity index (χ2v) is 3.76. The number of fused-ring (bicyclic) bond motifs is 1. The van der Waals surface area contributed by atoms with E-state index in [4.69, 9.17) is 15.6 Å². The molecule has 0 saturated heterocycles. The van der Waals surface area contributed by atoms with Crippen molar-refractivity contribution in [3.63, 3.8) is 0 Å². The topological polar surface area (TPSA) is 55.5 Å². The highest BCUT2D eigenvalue weighted by Crippen LogP contribution is 2.23. The standard InChI is InChI=1S/C13H15NO2.ClH/c1-16-12-5-4-9-6-11(13(14)8-15)3-2-10(9)7-12;/h2-7,13,15H,8,14H2,1H3;1H/t13-;/m1./s1. The van der Waals surface area contributed by atoms with Crippen LogP contribution in [0.3, 0.4) is 0 Å². The van der Waals surface area contributed by atoms with Gasteiger partial charge in [0.25, 0.3) is 0 Å². The van der Waals surface area contributed by atoms with Gasteiger partial charge in [0.1, 0.15) is 5.75 Å². The monoisotopic (exact) mass is 253 g/mol. The molecule has 2 aromatic carbocycles. The maximum Gasteiger partial charge on any atom is 0.119 e. The van der Waals surface area contributed by atoms with Crippen molar-refractivity contribution >= 4 is 23.2 Å². The van der Waals surface area contributed by atoms with Gasteiger partial charge in [-0.1, -0.05) is 18.2 Å². The molecule has 92 valence electrons. The zero-order valence-electron chi connectivity index (χ0n) is 9.59. The van der Waals surface area contributed by atoms with E-state index < -0.39 is 0 Å². The Kier molecular flexibility index (Phi) is 4.75. The number of rotatable bonds is 3. The summed E-state index contributed by atoms with van der Waals surface area (Å²) in [6.07, 6.45) is 0. The van der Waals surface area contributed by atoms with Crippen LogP contribution in [0.1, 0.15) is 11.6 Å². The highest BCUT2D eigenvalue weighted by Gasteiger charge is 2.05. The number of benzene rings is 2. The molecular weight excluding hydrogens is 238 g/mol. The summed E-state index contributed by atoms with van der Waals surface area (Å²) in [4.78, 5) is 0. The molecule has 0 aliphatic rings. The Morgan fingerprint density at radius 1 is 1.18 bits per heavy atom. The molecule has 1 atom stereocenters. The normalized spacial score (nSPS) is 11.9. The maximum absolute atomic E-state index is 9.00. The molecule has 0 aromatic heterocycles. The van der Waals surface area contributed by atoms with E-state index in [2.05, 4.69) is 0 Å². The summed E-state index contributed by atoms with van der Waals surface area (Å²) in [6.45, 7) is -0.0400. The Balaban J connectivity index is 0.00000144. The molecule has 0 bridgehead atoms. The van der Waals surface area contributed by atoms with Crippen LogP contribution in [0.4, 0.5) is 0 Å². The highest BCUT2D eigenvalue weighted by atomic mass is 35.5. The molecule has 0 aliphatic carbocycles. The van der Waals surface area contributed by atoms with Gasteiger partial charge in [-0.15, -0.1) is 12.4 Å². The number of aliphatic hydroxyl groups is 1. The summed E-state index contributed by atoms with van der Waals surface area (Å²) in [7, 11) is 1.65. The van der Waals surface area contributed by atoms with Crippen molar-refractivity contribution in [2.75, 3.05) is 13.7 Å². The molecule has 17 heavy (non-hydrogen) atoms. The zero-order valence-corrected chi connectivity index (χ0v) is 10.4. The van der Waals surface area contributed by atoms with Gasteiger partial charge in [0.2, 0.25) is 0 Å². The van der Waals surface area contributed by atoms with E-state index in [1.54, 1.807) is 7.11 Å². The summed E-state index contributed by atoms with van der Waals surface area (Å²) in [5.74, 6) is 0.840. The van der Waals surface area contributed by atoms with Gasteiger partial charge >= 0.3 is 0 Å². The fourth-order valence-electron chi connectivity index (χ4n) is 1.71. The molecule has 0 saturated carbocycles. The largest absolute Gasteiger partial charge is 0.497 e. The Morgan fingerprint density at radius 2 is 1.82 bits per heavy atom. The maximum atomic E-state index is 9.00. The lowest BCUT2D eigenvalue weighted by atomic mass is 10.0. The molecule has 0 radical (unpaired) electrons. The first-order valence-corrected chi connectivity index (χ1v) is 5.18. The van der Waals surface area contributed by atoms with E-state index in [0.717, 1.165) is 22.1 Å². The van der Waals surface area contributed by atoms with Gasteiger partial charge in [-0.2, -0.15) is 0 Å². The van der Waals surface area contributed by atoms with Gasteiger partial charge in [0, 0.05) is 0 Å². The van der Waals surface area contributed by atoms with Gasteiger partial charge in [0.05, 0.1) is 19.8 Å². The lowest BCUT2D eigenvalue weighted by Gasteiger charge is -2.10. The van der Waals surface area contributed by atoms with Crippen LogP contribution >= 0.6 is 12.4 Å². The number of halogens is 1. The first-order valence-electron chi connectivity index (χ1n) is 5.18. The minimum atomic E-state index is -0.313. The average Bonchev–Trinajstić information content (AvgIpc) is 2.36. The predicted molar refractivity (Wildman–Crippen MR) is 71.8 cm³/mol. The van der Waals surface area contributed by atoms with Crippen molar-refractivity contribution in [2.24, 2.45) is 5.73 Å². The molecule has 0 fully saturated rings. The van der Waals surface area contributed by atoms with Crippen molar-refractivity contribution in [1.29, 1.82) is 0 Å². The number of hydrogen-bond donors (Lipinski definition) is 2. The fraction of sp³-hybridized carbons (Fsp3) is 0.231. The third-order valence-electron chi connectivity index (χ3n) is 2.70. The molecule has 0 spiro atoms. The zero-order chi connectivity index (χ0) is 11.5. The van der Waals surface area contributed by atoms with E-state index in [-0.39, 0.29) is 25.1 Å². The van der Waals surface area contributed by atoms with E-state index in [9.17, 15) is 0 Å². The second kappa shape index (κ2) is 5.87. The molecule has 4 heteroatoms. The van der Waals surface area contributed by atoms with Gasteiger partial charge in [-0.3, -0.25) is 0 Å². The molecule has 2 aromatic rings. The fourth-order valence-corrected chi connectivity index (χ4v) is 1.71. The van der Waals surface area contributed by atoms with Crippen LogP contribution in [0.5, 0.6) is 5.75 Å². The molecule has 0 unspecified atom stereocenters. The number of methoxy groups -OCH3 is 1. The highest BCUT2D eigenvalue weighted by molar-refractivity contribution is 5.85. The van der Waals surface area contributed by atoms with Crippen LogP contribution in [-0.4, -0.2) is 18.8 Å². The first kappa shape index (κ1) is 13.8. The van der Waals surface area contributed by atoms with Crippen LogP contribution in [-0.2, 0) is 0 Å². The van der Waals surface area contributed by atoms with Crippen LogP contribution in [0.15, 0.2) is 36.4 Å². The smallest absolute Gasteiger partial charge is 0.119 e. The summed E-state index contributed by atoms with van der Waals surface area (Å²) in [5, 5.41) is 11.2. The molecule has 2 rings (SSSR count). The Bertz CT molecular complexity index is 502. The molecule has 3 N–H and O–H groups in total. The van der Waals surface area contributed by atoms with E-state index >= 15 is 0 Å². The predicted octanol–water partition coefficient (Wildman–Crippen LogP) is 2.26. The van der Waals surface area contributed by atoms with E-state index in [0.29, 0.717) is 0 Å². The Hall–Kier alpha value is -1.29. The number of ether oxygens (including phenoxy) is 1. The lowest BCUT2D eigenvalue weighted by Crippen LogP contribution is -2.14. The average molecular weight is 254 g/mol. The molecule has 0 aliphatic heterocycles. The van der Waals surface area contributed by atoms with Crippen molar-refractivity contribution < 1.29 is 9.84 Å². The third kappa shape index (κ3) is 2.88. The van der Waals surface area contributed by atoms with Crippen molar-refractivity contribution in [3.05, 3.63) is 42.0 Å². The minimum Gasteiger partial charge on any atom is -0.497 e. The number of aliphatic hydroxyl groups excluding tert-OH is 1. The van der Waals surface area contributed by atoms with Crippen molar-refractivity contribution in [1.82, 2.24) is 0 Å². The Labute approximate surface area is 107 Å². The van der Waals surface area contributed by atoms with Crippen molar-refractivity contribution in [3.8, 4) is 5.75 Å². The SMILES string of the molecule is COc1ccc2cc([C@H](N)CO)ccc2c1.Cl. The second-order valence-electron chi connectivity index (χ2n) is 3.76. The summed E-state index contributed by atoms with van der Waals surface area (Å²) < 4.78 is 5.16. The quantitative estimate of drug-likeness (QED) is 0.882. The summed E-state index contributed by atoms with van der Waals surface area (Å²) >= 11 is 0. The molecular formula is C13H16ClNO2. The lowest BCUT2D eigenvalue weighted by molar-refractivity contribution is 0.268. The molecule has 0 amide bonds. The number of nitrogens with two attached hydrogens (primary N) is 1. The van der Waals surface area contributed by atoms with Crippen LogP contribution in [0.2, 0.25) is 0 Å². The molecule has 3 nitrogen and oxygen atoms in total. The van der Waals surface area contributed by atoms with Gasteiger partial charge < -0.3 is 15.6 Å². The first-order chi connectivity index (χ1) is 7.74. The van der Waals surface area contributed by atoms with E-state index in [1.807, 2.05) is 36.4 Å². The van der Waals surface area contributed by atoms with Gasteiger partial charge in [-0.25, -0.2) is 0 Å². The van der Waals surface area contributed by atoms with Crippen LogP contribution in [0.25, 0.3) is 10.8 Å².